The van der Waals surface area contributed by atoms with Crippen LogP contribution in [0, 0.1) is 13.8 Å². The highest BCUT2D eigenvalue weighted by molar-refractivity contribution is 6.05. The Morgan fingerprint density at radius 3 is 2.41 bits per heavy atom. The number of carbonyl (C=O) groups excluding carboxylic acids is 1. The van der Waals surface area contributed by atoms with Gasteiger partial charge >= 0.3 is 0 Å². The van der Waals surface area contributed by atoms with Crippen LogP contribution in [0.3, 0.4) is 0 Å². The van der Waals surface area contributed by atoms with E-state index < -0.39 is 0 Å². The summed E-state index contributed by atoms with van der Waals surface area (Å²) in [6.07, 6.45) is 0. The molecule has 4 aromatic rings. The normalized spacial score (nSPS) is 11.4. The Morgan fingerprint density at radius 2 is 1.69 bits per heavy atom. The number of amides is 1. The average molecular weight is 431 g/mol. The van der Waals surface area contributed by atoms with Crippen molar-refractivity contribution >= 4 is 22.9 Å². The Bertz CT molecular complexity index is 1220. The van der Waals surface area contributed by atoms with E-state index in [1.807, 2.05) is 73.1 Å². The zero-order valence-electron chi connectivity index (χ0n) is 19.2. The molecule has 0 atom stereocenters. The second-order valence-corrected chi connectivity index (χ2v) is 7.85. The SMILES string of the molecule is CCN(CC)CCn1c(NC(=O)c2c(C)nn(-c3ccccc3)c2C)nc2ccccc21. The van der Waals surface area contributed by atoms with Gasteiger partial charge in [0.15, 0.2) is 0 Å². The van der Waals surface area contributed by atoms with Gasteiger partial charge in [-0.2, -0.15) is 5.10 Å². The number of likely N-dealkylation sites (N-methyl/N-ethyl adjacent to an activating group) is 1. The Kier molecular flexibility index (Phi) is 6.37. The van der Waals surface area contributed by atoms with Gasteiger partial charge in [0.05, 0.1) is 33.7 Å². The van der Waals surface area contributed by atoms with Crippen molar-refractivity contribution in [2.24, 2.45) is 0 Å². The molecule has 1 amide bonds. The number of hydrogen-bond donors (Lipinski definition) is 1. The summed E-state index contributed by atoms with van der Waals surface area (Å²) in [6.45, 7) is 11.7. The Balaban J connectivity index is 1.66. The van der Waals surface area contributed by atoms with Crippen LogP contribution < -0.4 is 5.32 Å². The van der Waals surface area contributed by atoms with Crippen LogP contribution >= 0.6 is 0 Å². The van der Waals surface area contributed by atoms with E-state index in [4.69, 9.17) is 4.98 Å². The van der Waals surface area contributed by atoms with Crippen LogP contribution in [-0.2, 0) is 6.54 Å². The van der Waals surface area contributed by atoms with Crippen molar-refractivity contribution in [2.75, 3.05) is 25.0 Å². The summed E-state index contributed by atoms with van der Waals surface area (Å²) in [5.41, 5.74) is 4.89. The smallest absolute Gasteiger partial charge is 0.261 e. The number of nitrogens with one attached hydrogen (secondary N) is 1. The highest BCUT2D eigenvalue weighted by Gasteiger charge is 2.22. The first-order valence-corrected chi connectivity index (χ1v) is 11.1. The second-order valence-electron chi connectivity index (χ2n) is 7.85. The third kappa shape index (κ3) is 4.16. The highest BCUT2D eigenvalue weighted by atomic mass is 16.1. The number of aryl methyl sites for hydroxylation is 1. The minimum Gasteiger partial charge on any atom is -0.309 e. The molecular formula is C25H30N6O. The molecule has 7 heteroatoms. The number of imidazole rings is 1. The van der Waals surface area contributed by atoms with Crippen molar-refractivity contribution in [3.63, 3.8) is 0 Å². The number of carbonyl (C=O) groups is 1. The van der Waals surface area contributed by atoms with Crippen molar-refractivity contribution in [2.45, 2.75) is 34.2 Å². The van der Waals surface area contributed by atoms with E-state index in [9.17, 15) is 4.79 Å². The van der Waals surface area contributed by atoms with E-state index in [0.717, 1.165) is 48.6 Å². The Morgan fingerprint density at radius 1 is 1.00 bits per heavy atom. The first kappa shape index (κ1) is 21.8. The summed E-state index contributed by atoms with van der Waals surface area (Å²) in [7, 11) is 0. The lowest BCUT2D eigenvalue weighted by atomic mass is 10.2. The van der Waals surface area contributed by atoms with Crippen LogP contribution in [0.2, 0.25) is 0 Å². The van der Waals surface area contributed by atoms with E-state index >= 15 is 0 Å². The van der Waals surface area contributed by atoms with E-state index in [-0.39, 0.29) is 5.91 Å². The quantitative estimate of drug-likeness (QED) is 0.449. The first-order chi connectivity index (χ1) is 15.5. The van der Waals surface area contributed by atoms with Crippen molar-refractivity contribution in [1.29, 1.82) is 0 Å². The summed E-state index contributed by atoms with van der Waals surface area (Å²) in [6, 6.07) is 17.8. The fourth-order valence-electron chi connectivity index (χ4n) is 4.13. The lowest BCUT2D eigenvalue weighted by Gasteiger charge is -2.19. The lowest BCUT2D eigenvalue weighted by molar-refractivity contribution is 0.102. The number of aromatic nitrogens is 4. The molecule has 0 aliphatic heterocycles. The molecule has 32 heavy (non-hydrogen) atoms. The van der Waals surface area contributed by atoms with E-state index in [2.05, 4.69) is 33.7 Å². The molecule has 1 N–H and O–H groups in total. The Labute approximate surface area is 188 Å². The molecule has 0 radical (unpaired) electrons. The van der Waals surface area contributed by atoms with Crippen molar-refractivity contribution < 1.29 is 4.79 Å². The Hall–Kier alpha value is -3.45. The zero-order chi connectivity index (χ0) is 22.7. The molecule has 0 saturated heterocycles. The number of para-hydroxylation sites is 3. The molecule has 7 nitrogen and oxygen atoms in total. The van der Waals surface area contributed by atoms with Gasteiger partial charge in [0.1, 0.15) is 0 Å². The molecule has 0 saturated carbocycles. The molecule has 0 fully saturated rings. The minimum absolute atomic E-state index is 0.193. The molecule has 0 unspecified atom stereocenters. The summed E-state index contributed by atoms with van der Waals surface area (Å²) < 4.78 is 3.91. The van der Waals surface area contributed by atoms with Gasteiger partial charge in [-0.15, -0.1) is 0 Å². The molecule has 0 spiro atoms. The largest absolute Gasteiger partial charge is 0.309 e. The molecule has 0 aliphatic rings. The van der Waals surface area contributed by atoms with Gasteiger partial charge in [-0.3, -0.25) is 10.1 Å². The van der Waals surface area contributed by atoms with Crippen LogP contribution in [-0.4, -0.2) is 49.8 Å². The number of fused-ring (bicyclic) bond motifs is 1. The standard InChI is InChI=1S/C25H30N6O/c1-5-29(6-2)16-17-30-22-15-11-10-14-21(22)26-25(30)27-24(32)23-18(3)28-31(19(23)4)20-12-8-7-9-13-20/h7-15H,5-6,16-17H2,1-4H3,(H,26,27,32). The summed E-state index contributed by atoms with van der Waals surface area (Å²) in [5, 5.41) is 7.68. The van der Waals surface area contributed by atoms with Gasteiger partial charge in [0.25, 0.3) is 5.91 Å². The third-order valence-electron chi connectivity index (χ3n) is 5.93. The predicted molar refractivity (Wildman–Crippen MR) is 129 cm³/mol. The van der Waals surface area contributed by atoms with Crippen molar-refractivity contribution in [1.82, 2.24) is 24.2 Å². The van der Waals surface area contributed by atoms with Crippen LogP contribution in [0.25, 0.3) is 16.7 Å². The number of nitrogens with zero attached hydrogens (tertiary/aromatic N) is 5. The van der Waals surface area contributed by atoms with Gasteiger partial charge in [-0.25, -0.2) is 9.67 Å². The van der Waals surface area contributed by atoms with Crippen LogP contribution in [0.1, 0.15) is 35.6 Å². The molecule has 0 bridgehead atoms. The molecule has 4 rings (SSSR count). The third-order valence-corrected chi connectivity index (χ3v) is 5.93. The van der Waals surface area contributed by atoms with Crippen LogP contribution in [0.4, 0.5) is 5.95 Å². The number of benzene rings is 2. The maximum Gasteiger partial charge on any atom is 0.261 e. The second kappa shape index (κ2) is 9.36. The minimum atomic E-state index is -0.193. The van der Waals surface area contributed by atoms with Gasteiger partial charge in [-0.05, 0) is 51.2 Å². The summed E-state index contributed by atoms with van der Waals surface area (Å²) >= 11 is 0. The van der Waals surface area contributed by atoms with E-state index in [1.54, 1.807) is 0 Å². The lowest BCUT2D eigenvalue weighted by Crippen LogP contribution is -2.28. The topological polar surface area (TPSA) is 68.0 Å². The van der Waals surface area contributed by atoms with Gasteiger partial charge in [0.2, 0.25) is 5.95 Å². The van der Waals surface area contributed by atoms with Gasteiger partial charge in [0, 0.05) is 13.1 Å². The highest BCUT2D eigenvalue weighted by Crippen LogP contribution is 2.23. The maximum atomic E-state index is 13.4. The summed E-state index contributed by atoms with van der Waals surface area (Å²) in [4.78, 5) is 20.4. The molecule has 166 valence electrons. The fraction of sp³-hybridized carbons (Fsp3) is 0.320. The molecule has 2 aromatic heterocycles. The molecule has 2 aromatic carbocycles. The van der Waals surface area contributed by atoms with Crippen LogP contribution in [0.5, 0.6) is 0 Å². The zero-order valence-corrected chi connectivity index (χ0v) is 19.2. The van der Waals surface area contributed by atoms with Crippen molar-refractivity contribution in [3.05, 3.63) is 71.5 Å². The first-order valence-electron chi connectivity index (χ1n) is 11.1. The van der Waals surface area contributed by atoms with Gasteiger partial charge in [-0.1, -0.05) is 44.2 Å². The molecule has 0 aliphatic carbocycles. The van der Waals surface area contributed by atoms with E-state index in [1.165, 1.54) is 0 Å². The number of hydrogen-bond acceptors (Lipinski definition) is 4. The number of anilines is 1. The fourth-order valence-corrected chi connectivity index (χ4v) is 4.13. The number of rotatable bonds is 8. The molecule has 2 heterocycles. The van der Waals surface area contributed by atoms with Crippen LogP contribution in [0.15, 0.2) is 54.6 Å². The monoisotopic (exact) mass is 430 g/mol. The molecular weight excluding hydrogens is 400 g/mol. The van der Waals surface area contributed by atoms with Crippen molar-refractivity contribution in [3.8, 4) is 5.69 Å². The average Bonchev–Trinajstić information content (AvgIpc) is 3.31. The maximum absolute atomic E-state index is 13.4. The predicted octanol–water partition coefficient (Wildman–Crippen LogP) is 4.43. The van der Waals surface area contributed by atoms with E-state index in [0.29, 0.717) is 17.2 Å². The van der Waals surface area contributed by atoms with Gasteiger partial charge < -0.3 is 9.47 Å². The summed E-state index contributed by atoms with van der Waals surface area (Å²) in [5.74, 6) is 0.371.